The molecular weight excluding hydrogens is 262 g/mol. The summed E-state index contributed by atoms with van der Waals surface area (Å²) >= 11 is 0. The first-order chi connectivity index (χ1) is 10.3. The maximum atomic E-state index is 11.5. The van der Waals surface area contributed by atoms with Crippen LogP contribution in [0.1, 0.15) is 30.0 Å². The normalized spacial score (nSPS) is 19.0. The Labute approximate surface area is 124 Å². The van der Waals surface area contributed by atoms with Crippen LogP contribution in [-0.2, 0) is 4.79 Å². The number of aliphatic carboxylic acids is 1. The van der Waals surface area contributed by atoms with Crippen molar-refractivity contribution < 1.29 is 9.90 Å². The van der Waals surface area contributed by atoms with Crippen molar-refractivity contribution in [3.05, 3.63) is 71.8 Å². The first kappa shape index (κ1) is 13.8. The van der Waals surface area contributed by atoms with E-state index in [-0.39, 0.29) is 6.04 Å². The zero-order valence-electron chi connectivity index (χ0n) is 11.9. The Morgan fingerprint density at radius 3 is 2.00 bits per heavy atom. The number of carboxylic acid groups (broad SMARTS) is 1. The van der Waals surface area contributed by atoms with Crippen molar-refractivity contribution in [2.24, 2.45) is 0 Å². The van der Waals surface area contributed by atoms with Crippen molar-refractivity contribution in [2.75, 3.05) is 6.54 Å². The predicted molar refractivity (Wildman–Crippen MR) is 82.1 cm³/mol. The number of hydrogen-bond donors (Lipinski definition) is 1. The Bertz CT molecular complexity index is 558. The monoisotopic (exact) mass is 281 g/mol. The molecule has 1 aliphatic heterocycles. The highest BCUT2D eigenvalue weighted by Crippen LogP contribution is 2.34. The first-order valence-corrected chi connectivity index (χ1v) is 7.36. The standard InChI is InChI=1S/C18H19NO2/c20-18(21)16-12-7-13-19(16)17(14-8-3-1-4-9-14)15-10-5-2-6-11-15/h1-6,8-11,16-17H,7,12-13H2,(H,20,21)/t16-/m0/s1. The molecule has 3 heteroatoms. The number of rotatable bonds is 4. The van der Waals surface area contributed by atoms with Crippen LogP contribution in [0.15, 0.2) is 60.7 Å². The van der Waals surface area contributed by atoms with E-state index in [9.17, 15) is 9.90 Å². The molecule has 0 spiro atoms. The van der Waals surface area contributed by atoms with Gasteiger partial charge in [-0.05, 0) is 24.0 Å². The van der Waals surface area contributed by atoms with E-state index in [1.165, 1.54) is 0 Å². The minimum absolute atomic E-state index is 0.0102. The van der Waals surface area contributed by atoms with Gasteiger partial charge in [-0.25, -0.2) is 0 Å². The molecule has 21 heavy (non-hydrogen) atoms. The van der Waals surface area contributed by atoms with Crippen LogP contribution in [0, 0.1) is 0 Å². The Morgan fingerprint density at radius 2 is 1.52 bits per heavy atom. The summed E-state index contributed by atoms with van der Waals surface area (Å²) < 4.78 is 0. The molecule has 0 radical (unpaired) electrons. The third-order valence-corrected chi connectivity index (χ3v) is 4.14. The largest absolute Gasteiger partial charge is 0.480 e. The molecule has 2 aromatic rings. The quantitative estimate of drug-likeness (QED) is 0.934. The van der Waals surface area contributed by atoms with Crippen LogP contribution in [0.3, 0.4) is 0 Å². The molecule has 0 unspecified atom stereocenters. The average Bonchev–Trinajstić information content (AvgIpc) is 2.99. The van der Waals surface area contributed by atoms with Crippen LogP contribution in [0.25, 0.3) is 0 Å². The van der Waals surface area contributed by atoms with Gasteiger partial charge in [0, 0.05) is 6.54 Å². The Morgan fingerprint density at radius 1 is 1.00 bits per heavy atom. The SMILES string of the molecule is O=C(O)[C@@H]1CCCN1C(c1ccccc1)c1ccccc1. The minimum Gasteiger partial charge on any atom is -0.480 e. The summed E-state index contributed by atoms with van der Waals surface area (Å²) in [5.41, 5.74) is 2.30. The van der Waals surface area contributed by atoms with Crippen molar-refractivity contribution in [3.8, 4) is 0 Å². The van der Waals surface area contributed by atoms with Crippen molar-refractivity contribution in [1.82, 2.24) is 4.90 Å². The molecule has 3 rings (SSSR count). The lowest BCUT2D eigenvalue weighted by atomic mass is 9.96. The number of carboxylic acids is 1. The van der Waals surface area contributed by atoms with Gasteiger partial charge in [-0.1, -0.05) is 60.7 Å². The highest BCUT2D eigenvalue weighted by atomic mass is 16.4. The lowest BCUT2D eigenvalue weighted by Crippen LogP contribution is -2.39. The lowest BCUT2D eigenvalue weighted by Gasteiger charge is -2.32. The van der Waals surface area contributed by atoms with Gasteiger partial charge in [0.25, 0.3) is 0 Å². The summed E-state index contributed by atoms with van der Waals surface area (Å²) in [7, 11) is 0. The second-order valence-corrected chi connectivity index (χ2v) is 5.46. The second kappa shape index (κ2) is 6.10. The molecule has 0 aliphatic carbocycles. The molecule has 1 N–H and O–H groups in total. The van der Waals surface area contributed by atoms with Crippen LogP contribution in [0.4, 0.5) is 0 Å². The lowest BCUT2D eigenvalue weighted by molar-refractivity contribution is -0.142. The zero-order chi connectivity index (χ0) is 14.7. The smallest absolute Gasteiger partial charge is 0.320 e. The van der Waals surface area contributed by atoms with Gasteiger partial charge in [0.2, 0.25) is 0 Å². The molecule has 1 fully saturated rings. The zero-order valence-corrected chi connectivity index (χ0v) is 11.9. The van der Waals surface area contributed by atoms with Gasteiger partial charge >= 0.3 is 5.97 Å². The molecular formula is C18H19NO2. The van der Waals surface area contributed by atoms with Crippen molar-refractivity contribution >= 4 is 5.97 Å². The van der Waals surface area contributed by atoms with Gasteiger partial charge in [-0.2, -0.15) is 0 Å². The number of likely N-dealkylation sites (tertiary alicyclic amines) is 1. The predicted octanol–water partition coefficient (Wildman–Crippen LogP) is 3.33. The van der Waals surface area contributed by atoms with Gasteiger partial charge in [-0.3, -0.25) is 9.69 Å². The second-order valence-electron chi connectivity index (χ2n) is 5.46. The molecule has 108 valence electrons. The fraction of sp³-hybridized carbons (Fsp3) is 0.278. The van der Waals surface area contributed by atoms with E-state index in [0.29, 0.717) is 0 Å². The molecule has 1 aliphatic rings. The Hall–Kier alpha value is -2.13. The molecule has 1 saturated heterocycles. The van der Waals surface area contributed by atoms with E-state index in [2.05, 4.69) is 29.2 Å². The maximum absolute atomic E-state index is 11.5. The van der Waals surface area contributed by atoms with E-state index in [1.807, 2.05) is 36.4 Å². The Kier molecular flexibility index (Phi) is 4.02. The van der Waals surface area contributed by atoms with Gasteiger partial charge in [0.1, 0.15) is 6.04 Å². The summed E-state index contributed by atoms with van der Waals surface area (Å²) in [4.78, 5) is 13.7. The van der Waals surface area contributed by atoms with Crippen molar-refractivity contribution in [1.29, 1.82) is 0 Å². The van der Waals surface area contributed by atoms with Crippen LogP contribution >= 0.6 is 0 Å². The third kappa shape index (κ3) is 2.83. The van der Waals surface area contributed by atoms with Crippen LogP contribution in [0.2, 0.25) is 0 Å². The summed E-state index contributed by atoms with van der Waals surface area (Å²) in [5, 5.41) is 9.48. The van der Waals surface area contributed by atoms with Crippen LogP contribution in [0.5, 0.6) is 0 Å². The van der Waals surface area contributed by atoms with Crippen LogP contribution < -0.4 is 0 Å². The van der Waals surface area contributed by atoms with E-state index in [0.717, 1.165) is 30.5 Å². The first-order valence-electron chi connectivity index (χ1n) is 7.36. The Balaban J connectivity index is 2.03. The number of carbonyl (C=O) groups is 1. The third-order valence-electron chi connectivity index (χ3n) is 4.14. The molecule has 1 heterocycles. The van der Waals surface area contributed by atoms with Crippen LogP contribution in [-0.4, -0.2) is 28.6 Å². The van der Waals surface area contributed by atoms with Gasteiger partial charge < -0.3 is 5.11 Å². The summed E-state index contributed by atoms with van der Waals surface area (Å²) in [6.45, 7) is 0.825. The molecule has 0 aromatic heterocycles. The molecule has 0 amide bonds. The minimum atomic E-state index is -0.718. The highest BCUT2D eigenvalue weighted by molar-refractivity contribution is 5.74. The van der Waals surface area contributed by atoms with Crippen molar-refractivity contribution in [3.63, 3.8) is 0 Å². The summed E-state index contributed by atoms with van der Waals surface area (Å²) in [6.07, 6.45) is 1.67. The molecule has 0 saturated carbocycles. The maximum Gasteiger partial charge on any atom is 0.320 e. The topological polar surface area (TPSA) is 40.5 Å². The van der Waals surface area contributed by atoms with Gasteiger partial charge in [0.05, 0.1) is 6.04 Å². The molecule has 1 atom stereocenters. The fourth-order valence-electron chi connectivity index (χ4n) is 3.21. The fourth-order valence-corrected chi connectivity index (χ4v) is 3.21. The van der Waals surface area contributed by atoms with E-state index >= 15 is 0 Å². The van der Waals surface area contributed by atoms with Crippen molar-refractivity contribution in [2.45, 2.75) is 24.9 Å². The van der Waals surface area contributed by atoms with Gasteiger partial charge in [0.15, 0.2) is 0 Å². The van der Waals surface area contributed by atoms with Gasteiger partial charge in [-0.15, -0.1) is 0 Å². The number of benzene rings is 2. The number of nitrogens with zero attached hydrogens (tertiary/aromatic N) is 1. The highest BCUT2D eigenvalue weighted by Gasteiger charge is 2.36. The molecule has 0 bridgehead atoms. The van der Waals surface area contributed by atoms with E-state index < -0.39 is 12.0 Å². The molecule has 2 aromatic carbocycles. The summed E-state index contributed by atoms with van der Waals surface area (Å²) in [6, 6.07) is 20.0. The number of hydrogen-bond acceptors (Lipinski definition) is 2. The molecule has 3 nitrogen and oxygen atoms in total. The average molecular weight is 281 g/mol. The van der Waals surface area contributed by atoms with E-state index in [1.54, 1.807) is 0 Å². The summed E-state index contributed by atoms with van der Waals surface area (Å²) in [5.74, 6) is -0.718. The van der Waals surface area contributed by atoms with E-state index in [4.69, 9.17) is 0 Å².